The lowest BCUT2D eigenvalue weighted by molar-refractivity contribution is -0.225. The number of carbonyl (C=O) groups excluding carboxylic acids is 3. The minimum Gasteiger partial charge on any atom is -0.494 e. The third kappa shape index (κ3) is 27.0. The van der Waals surface area contributed by atoms with Crippen LogP contribution in [0.15, 0.2) is 72.8 Å². The van der Waals surface area contributed by atoms with Gasteiger partial charge < -0.3 is 96.7 Å². The van der Waals surface area contributed by atoms with E-state index in [0.29, 0.717) is 114 Å². The summed E-state index contributed by atoms with van der Waals surface area (Å²) in [6.45, 7) is 23.5. The molecule has 0 spiro atoms. The number of hydrogen-bond acceptors (Lipinski definition) is 24. The van der Waals surface area contributed by atoms with Gasteiger partial charge in [-0.1, -0.05) is 51.4 Å². The predicted octanol–water partition coefficient (Wildman–Crippen LogP) is 19.3. The molecule has 31 heteroatoms. The molecule has 12 rings (SSSR count). The standard InChI is InChI=1S/C23H32O9Si.C23H38O6Si.C20H32O6Si.C17H23Cl3O3Si/c1-16(24)30-33(31-17(2)25,32-18(3)26)13-7-12-27-21-10-11-22-19(14-21)15-28-23(4,29-22)20-8-5-6-9-20;1-5-26-30(27-6-2,28-7-3)16-10-15-24-21-13-14-22-19(17-21)18-25-23(4,29-22)20-11-8-9-12-20;1-20(17-8-5-6-9-17)25-15-16-14-18(10-11-19(16)26-20)24-12-7-13-27(21-2,22-3)23-4;1-17(14-5-2-3-6-14)22-12-13-11-15(7-8-16(13)23-17)21-9-4-10-24(18,19)20/h10-11,14,20H,5-9,12-13,15H2,1-4H3;13-14,17,20H,5-12,15-16,18H2,1-4H3;10-11,14,17H,5-9,12-13,15H2,1-4H3;7-8,11,14H,2-6,9-10,12H2,1H3. The second-order valence-electron chi connectivity index (χ2n) is 30.8. The molecule has 0 N–H and O–H groups in total. The van der Waals surface area contributed by atoms with E-state index < -0.39 is 73.5 Å². The summed E-state index contributed by atoms with van der Waals surface area (Å²) >= 11 is 17.6. The Hall–Kier alpha value is -4.97. The highest BCUT2D eigenvalue weighted by Crippen LogP contribution is 2.48. The molecule has 24 nitrogen and oxygen atoms in total. The number of ether oxygens (including phenoxy) is 12. The second kappa shape index (κ2) is 43.8. The van der Waals surface area contributed by atoms with Crippen LogP contribution in [0.2, 0.25) is 24.2 Å². The molecule has 4 unspecified atom stereocenters. The lowest BCUT2D eigenvalue weighted by atomic mass is 9.97. The van der Waals surface area contributed by atoms with Crippen LogP contribution in [0.3, 0.4) is 0 Å². The summed E-state index contributed by atoms with van der Waals surface area (Å²) in [5.74, 6) is 4.29. The maximum Gasteiger partial charge on any atom is 0.705 e. The number of halogens is 3. The third-order valence-corrected chi connectivity index (χ3v) is 33.7. The molecule has 0 bridgehead atoms. The van der Waals surface area contributed by atoms with E-state index in [2.05, 4.69) is 20.8 Å². The number of rotatable bonds is 36. The van der Waals surface area contributed by atoms with Gasteiger partial charge in [-0.3, -0.25) is 14.4 Å². The molecule has 4 atom stereocenters. The van der Waals surface area contributed by atoms with Gasteiger partial charge in [0.1, 0.15) is 46.0 Å². The number of hydrogen-bond donors (Lipinski definition) is 0. The van der Waals surface area contributed by atoms with Gasteiger partial charge in [0.05, 0.1) is 58.9 Å². The van der Waals surface area contributed by atoms with Crippen LogP contribution >= 0.6 is 33.2 Å². The van der Waals surface area contributed by atoms with Crippen molar-refractivity contribution in [2.75, 3.05) is 67.6 Å². The highest BCUT2D eigenvalue weighted by Gasteiger charge is 2.52. The van der Waals surface area contributed by atoms with Crippen molar-refractivity contribution in [3.05, 3.63) is 95.1 Å². The molecule has 4 aliphatic heterocycles. The maximum absolute atomic E-state index is 11.5. The van der Waals surface area contributed by atoms with Gasteiger partial charge in [0, 0.05) is 148 Å². The normalized spacial score (nSPS) is 22.3. The molecule has 638 valence electrons. The summed E-state index contributed by atoms with van der Waals surface area (Å²) in [6, 6.07) is 23.1. The Morgan fingerprint density at radius 2 is 0.605 bits per heavy atom. The second-order valence-corrected chi connectivity index (χ2v) is 48.4. The summed E-state index contributed by atoms with van der Waals surface area (Å²) in [7, 11) is -4.09. The van der Waals surface area contributed by atoms with Gasteiger partial charge in [-0.25, -0.2) is 0 Å². The summed E-state index contributed by atoms with van der Waals surface area (Å²) in [6.07, 6.45) is 22.1. The molecule has 114 heavy (non-hydrogen) atoms. The van der Waals surface area contributed by atoms with Crippen LogP contribution in [0.25, 0.3) is 0 Å². The van der Waals surface area contributed by atoms with Gasteiger partial charge in [-0.05, 0) is 177 Å². The zero-order valence-electron chi connectivity index (χ0n) is 69.4. The van der Waals surface area contributed by atoms with Crippen molar-refractivity contribution in [2.24, 2.45) is 23.7 Å². The number of carbonyl (C=O) groups is 3. The topological polar surface area (TPSA) is 245 Å². The number of fused-ring (bicyclic) bond motifs is 4. The SMILES string of the molecule is CC(=O)O[Si](CCCOc1ccc2c(c1)COC(C)(C1CCCC1)O2)(OC(C)=O)OC(C)=O.CC1(C2CCCC2)OCc2cc(OCCC[Si](Cl)(Cl)Cl)ccc2O1.CCO[Si](CCCOc1ccc2c(c1)COC(C)(C1CCCC1)O2)(OCC)OCC.CO[Si](CCCOc1ccc2c(c1)COC(C)(C1CCCC1)O2)(OC)OC. The molecule has 0 saturated heterocycles. The fraction of sp³-hybridized carbons (Fsp3) is 0.675. The minimum atomic E-state index is -3.84. The predicted molar refractivity (Wildman–Crippen MR) is 440 cm³/mol. The van der Waals surface area contributed by atoms with Gasteiger partial charge >= 0.3 is 32.4 Å². The van der Waals surface area contributed by atoms with E-state index in [-0.39, 0.29) is 12.7 Å². The van der Waals surface area contributed by atoms with Gasteiger partial charge in [0.25, 0.3) is 17.9 Å². The van der Waals surface area contributed by atoms with Gasteiger partial charge in [-0.15, -0.1) is 33.2 Å². The average molecular weight is 1730 g/mol. The van der Waals surface area contributed by atoms with Crippen LogP contribution in [0.4, 0.5) is 0 Å². The zero-order chi connectivity index (χ0) is 82.1. The van der Waals surface area contributed by atoms with Gasteiger partial charge in [0.15, 0.2) is 0 Å². The van der Waals surface area contributed by atoms with E-state index in [9.17, 15) is 14.4 Å². The van der Waals surface area contributed by atoms with E-state index in [4.69, 9.17) is 130 Å². The Bertz CT molecular complexity index is 3600. The smallest absolute Gasteiger partial charge is 0.494 e. The highest BCUT2D eigenvalue weighted by molar-refractivity contribution is 7.64. The van der Waals surface area contributed by atoms with Crippen molar-refractivity contribution in [2.45, 2.75) is 271 Å². The Balaban J connectivity index is 0.000000175. The fourth-order valence-electron chi connectivity index (χ4n) is 16.2. The van der Waals surface area contributed by atoms with Crippen LogP contribution in [0.5, 0.6) is 46.0 Å². The lowest BCUT2D eigenvalue weighted by Crippen LogP contribution is -2.49. The van der Waals surface area contributed by atoms with Crippen molar-refractivity contribution in [3.8, 4) is 46.0 Å². The Morgan fingerprint density at radius 3 is 0.833 bits per heavy atom. The van der Waals surface area contributed by atoms with Crippen LogP contribution in [-0.4, -0.2) is 141 Å². The van der Waals surface area contributed by atoms with Gasteiger partial charge in [-0.2, -0.15) is 0 Å². The first-order chi connectivity index (χ1) is 54.5. The van der Waals surface area contributed by atoms with E-state index >= 15 is 0 Å². The van der Waals surface area contributed by atoms with Gasteiger partial charge in [0.2, 0.25) is 23.1 Å². The zero-order valence-corrected chi connectivity index (χ0v) is 75.7. The monoisotopic (exact) mass is 1720 g/mol. The van der Waals surface area contributed by atoms with Crippen molar-refractivity contribution < 1.29 is 111 Å². The molecule has 4 aliphatic carbocycles. The Kier molecular flexibility index (Phi) is 35.7. The van der Waals surface area contributed by atoms with Crippen molar-refractivity contribution in [1.82, 2.24) is 0 Å². The van der Waals surface area contributed by atoms with Crippen molar-refractivity contribution in [1.29, 1.82) is 0 Å². The first-order valence-electron chi connectivity index (χ1n) is 41.1. The summed E-state index contributed by atoms with van der Waals surface area (Å²) in [5.41, 5.74) is 4.02. The quantitative estimate of drug-likeness (QED) is 0.0233. The molecular weight excluding hydrogens is 1600 g/mol. The van der Waals surface area contributed by atoms with E-state index in [0.717, 1.165) is 101 Å². The highest BCUT2D eigenvalue weighted by atomic mass is 35.8. The molecule has 4 fully saturated rings. The summed E-state index contributed by atoms with van der Waals surface area (Å²) < 4.78 is 122. The molecule has 8 aliphatic rings. The average Bonchev–Trinajstić information content (AvgIpc) is 1.28. The van der Waals surface area contributed by atoms with Crippen LogP contribution in [-0.2, 0) is 99.6 Å². The Morgan fingerprint density at radius 1 is 0.368 bits per heavy atom. The van der Waals surface area contributed by atoms with E-state index in [1.54, 1.807) is 21.3 Å². The first kappa shape index (κ1) is 92.9. The molecule has 4 aromatic carbocycles. The minimum absolute atomic E-state index is 0.0582. The molecule has 0 amide bonds. The Labute approximate surface area is 694 Å². The molecule has 0 radical (unpaired) electrons. The fourth-order valence-corrected chi connectivity index (χ4v) is 24.6. The third-order valence-electron chi connectivity index (χ3n) is 22.3. The molecular formula is C83H125Cl3O24Si4. The van der Waals surface area contributed by atoms with Crippen LogP contribution in [0, 0.1) is 23.7 Å². The van der Waals surface area contributed by atoms with E-state index in [1.165, 1.54) is 111 Å². The van der Waals surface area contributed by atoms with Crippen LogP contribution < -0.4 is 37.9 Å². The summed E-state index contributed by atoms with van der Waals surface area (Å²) in [4.78, 5) is 34.6. The summed E-state index contributed by atoms with van der Waals surface area (Å²) in [5, 5.41) is 0. The lowest BCUT2D eigenvalue weighted by Gasteiger charge is -2.40. The molecule has 4 heterocycles. The van der Waals surface area contributed by atoms with Crippen molar-refractivity contribution >= 4 is 83.6 Å². The largest absolute Gasteiger partial charge is 0.705 e. The molecule has 4 aromatic rings. The van der Waals surface area contributed by atoms with Crippen LogP contribution in [0.1, 0.15) is 220 Å². The molecule has 4 saturated carbocycles. The first-order valence-corrected chi connectivity index (χ1v) is 52.2. The maximum atomic E-state index is 11.5. The number of benzene rings is 4. The van der Waals surface area contributed by atoms with Crippen molar-refractivity contribution in [3.63, 3.8) is 0 Å². The molecule has 0 aromatic heterocycles. The van der Waals surface area contributed by atoms with E-state index in [1.807, 2.05) is 100 Å².